The van der Waals surface area contributed by atoms with Crippen LogP contribution in [0, 0.1) is 5.92 Å². The Hall–Kier alpha value is -0.540. The van der Waals surface area contributed by atoms with Crippen LogP contribution < -0.4 is 5.73 Å². The van der Waals surface area contributed by atoms with Crippen LogP contribution in [0.4, 0.5) is 0 Å². The highest BCUT2D eigenvalue weighted by atomic mass is 35.5. The van der Waals surface area contributed by atoms with Gasteiger partial charge >= 0.3 is 5.97 Å². The fraction of sp³-hybridized carbons (Fsp3) is 0.667. The molecule has 0 atom stereocenters. The first-order valence-electron chi connectivity index (χ1n) is 4.13. The Kier molecular flexibility index (Phi) is 7.96. The molecule has 0 spiro atoms. The molecular weight excluding hydrogens is 190 g/mol. The molecule has 0 saturated carbocycles. The van der Waals surface area contributed by atoms with Gasteiger partial charge in [0.15, 0.2) is 0 Å². The summed E-state index contributed by atoms with van der Waals surface area (Å²) in [6.07, 6.45) is 0.666. The maximum atomic E-state index is 10.8. The summed E-state index contributed by atoms with van der Waals surface area (Å²) in [6, 6.07) is 0. The summed E-state index contributed by atoms with van der Waals surface area (Å²) in [5.74, 6) is -0.759. The average Bonchev–Trinajstić information content (AvgIpc) is 1.85. The van der Waals surface area contributed by atoms with E-state index in [2.05, 4.69) is 0 Å². The normalized spacial score (nSPS) is 12.1. The standard InChI is InChI=1S/C9H17NO2.ClH/c1-6(2)8(9(11)12)7(3)4-5-10;/h6H,4-5,10H2,1-3H3,(H,11,12);1H. The minimum Gasteiger partial charge on any atom is -0.478 e. The molecule has 0 saturated heterocycles. The van der Waals surface area contributed by atoms with Crippen molar-refractivity contribution >= 4 is 18.4 Å². The smallest absolute Gasteiger partial charge is 0.331 e. The van der Waals surface area contributed by atoms with E-state index < -0.39 is 5.97 Å². The van der Waals surface area contributed by atoms with Crippen LogP contribution in [-0.4, -0.2) is 17.6 Å². The molecular formula is C9H18ClNO2. The molecule has 0 amide bonds. The summed E-state index contributed by atoms with van der Waals surface area (Å²) in [7, 11) is 0. The first kappa shape index (κ1) is 15.0. The fourth-order valence-electron chi connectivity index (χ4n) is 1.27. The van der Waals surface area contributed by atoms with Crippen LogP contribution >= 0.6 is 12.4 Å². The van der Waals surface area contributed by atoms with Crippen molar-refractivity contribution in [3.8, 4) is 0 Å². The van der Waals surface area contributed by atoms with Crippen molar-refractivity contribution in [2.45, 2.75) is 27.2 Å². The Balaban J connectivity index is 0. The Bertz CT molecular complexity index is 200. The lowest BCUT2D eigenvalue weighted by Gasteiger charge is -2.10. The predicted octanol–water partition coefficient (Wildman–Crippen LogP) is 1.81. The van der Waals surface area contributed by atoms with Crippen molar-refractivity contribution in [1.29, 1.82) is 0 Å². The maximum Gasteiger partial charge on any atom is 0.331 e. The first-order valence-corrected chi connectivity index (χ1v) is 4.13. The van der Waals surface area contributed by atoms with Crippen molar-refractivity contribution in [2.24, 2.45) is 11.7 Å². The van der Waals surface area contributed by atoms with E-state index in [1.165, 1.54) is 0 Å². The van der Waals surface area contributed by atoms with Crippen molar-refractivity contribution in [1.82, 2.24) is 0 Å². The van der Waals surface area contributed by atoms with E-state index in [1.54, 1.807) is 0 Å². The highest BCUT2D eigenvalue weighted by Crippen LogP contribution is 2.16. The van der Waals surface area contributed by atoms with Gasteiger partial charge in [-0.15, -0.1) is 12.4 Å². The fourth-order valence-corrected chi connectivity index (χ4v) is 1.27. The van der Waals surface area contributed by atoms with Gasteiger partial charge in [-0.2, -0.15) is 0 Å². The van der Waals surface area contributed by atoms with Crippen LogP contribution in [0.15, 0.2) is 11.1 Å². The maximum absolute atomic E-state index is 10.8. The van der Waals surface area contributed by atoms with Crippen LogP contribution in [0.1, 0.15) is 27.2 Å². The Morgan fingerprint density at radius 1 is 1.46 bits per heavy atom. The van der Waals surface area contributed by atoms with Crippen molar-refractivity contribution in [3.05, 3.63) is 11.1 Å². The van der Waals surface area contributed by atoms with E-state index in [9.17, 15) is 4.79 Å². The number of aliphatic carboxylic acids is 1. The summed E-state index contributed by atoms with van der Waals surface area (Å²) in [4.78, 5) is 10.8. The monoisotopic (exact) mass is 207 g/mol. The summed E-state index contributed by atoms with van der Waals surface area (Å²) in [6.45, 7) is 6.10. The van der Waals surface area contributed by atoms with Crippen molar-refractivity contribution in [2.75, 3.05) is 6.54 Å². The predicted molar refractivity (Wildman–Crippen MR) is 56.1 cm³/mol. The molecule has 0 fully saturated rings. The van der Waals surface area contributed by atoms with E-state index in [0.29, 0.717) is 18.5 Å². The molecule has 0 heterocycles. The number of hydrogen-bond donors (Lipinski definition) is 2. The van der Waals surface area contributed by atoms with Gasteiger partial charge in [0, 0.05) is 5.57 Å². The zero-order valence-corrected chi connectivity index (χ0v) is 9.15. The summed E-state index contributed by atoms with van der Waals surface area (Å²) in [5.41, 5.74) is 6.73. The second-order valence-corrected chi connectivity index (χ2v) is 3.19. The van der Waals surface area contributed by atoms with Gasteiger partial charge in [0.25, 0.3) is 0 Å². The number of rotatable bonds is 4. The van der Waals surface area contributed by atoms with Crippen molar-refractivity contribution in [3.63, 3.8) is 0 Å². The lowest BCUT2D eigenvalue weighted by Crippen LogP contribution is -2.11. The molecule has 3 nitrogen and oxygen atoms in total. The van der Waals surface area contributed by atoms with Gasteiger partial charge in [-0.25, -0.2) is 4.79 Å². The highest BCUT2D eigenvalue weighted by Gasteiger charge is 2.14. The van der Waals surface area contributed by atoms with Crippen LogP contribution in [0.2, 0.25) is 0 Å². The molecule has 0 rings (SSSR count). The van der Waals surface area contributed by atoms with Gasteiger partial charge in [0.2, 0.25) is 0 Å². The Morgan fingerprint density at radius 2 is 1.92 bits per heavy atom. The average molecular weight is 208 g/mol. The van der Waals surface area contributed by atoms with E-state index >= 15 is 0 Å². The lowest BCUT2D eigenvalue weighted by molar-refractivity contribution is -0.133. The molecule has 0 aliphatic rings. The zero-order valence-electron chi connectivity index (χ0n) is 8.33. The largest absolute Gasteiger partial charge is 0.478 e. The third kappa shape index (κ3) is 4.90. The zero-order chi connectivity index (χ0) is 9.72. The number of carboxylic acids is 1. The molecule has 0 radical (unpaired) electrons. The van der Waals surface area contributed by atoms with E-state index in [-0.39, 0.29) is 18.3 Å². The quantitative estimate of drug-likeness (QED) is 0.692. The molecule has 0 aliphatic carbocycles. The number of hydrogen-bond acceptors (Lipinski definition) is 2. The van der Waals surface area contributed by atoms with Crippen LogP contribution in [0.3, 0.4) is 0 Å². The number of halogens is 1. The molecule has 3 N–H and O–H groups in total. The number of carbonyl (C=O) groups is 1. The molecule has 4 heteroatoms. The Labute approximate surface area is 85.4 Å². The molecule has 0 aromatic heterocycles. The second kappa shape index (κ2) is 6.92. The minimum atomic E-state index is -0.823. The van der Waals surface area contributed by atoms with E-state index in [1.807, 2.05) is 20.8 Å². The van der Waals surface area contributed by atoms with Gasteiger partial charge < -0.3 is 10.8 Å². The van der Waals surface area contributed by atoms with Gasteiger partial charge in [-0.1, -0.05) is 19.4 Å². The van der Waals surface area contributed by atoms with Gasteiger partial charge in [0.05, 0.1) is 0 Å². The van der Waals surface area contributed by atoms with Crippen LogP contribution in [0.25, 0.3) is 0 Å². The molecule has 0 aliphatic heterocycles. The molecule has 0 aromatic rings. The molecule has 0 bridgehead atoms. The SMILES string of the molecule is CC(CCN)=C(C(=O)O)C(C)C.Cl. The van der Waals surface area contributed by atoms with E-state index in [0.717, 1.165) is 5.57 Å². The Morgan fingerprint density at radius 3 is 2.15 bits per heavy atom. The van der Waals surface area contributed by atoms with E-state index in [4.69, 9.17) is 10.8 Å². The lowest BCUT2D eigenvalue weighted by atomic mass is 9.96. The highest BCUT2D eigenvalue weighted by molar-refractivity contribution is 5.87. The number of carboxylic acid groups (broad SMARTS) is 1. The number of nitrogens with two attached hydrogens (primary N) is 1. The second-order valence-electron chi connectivity index (χ2n) is 3.19. The summed E-state index contributed by atoms with van der Waals surface area (Å²) < 4.78 is 0. The third-order valence-corrected chi connectivity index (χ3v) is 1.79. The first-order chi connectivity index (χ1) is 5.50. The van der Waals surface area contributed by atoms with Crippen LogP contribution in [-0.2, 0) is 4.79 Å². The molecule has 0 unspecified atom stereocenters. The molecule has 78 valence electrons. The van der Waals surface area contributed by atoms with Crippen molar-refractivity contribution < 1.29 is 9.90 Å². The van der Waals surface area contributed by atoms with Gasteiger partial charge in [-0.3, -0.25) is 0 Å². The topological polar surface area (TPSA) is 63.3 Å². The minimum absolute atomic E-state index is 0. The summed E-state index contributed by atoms with van der Waals surface area (Å²) >= 11 is 0. The van der Waals surface area contributed by atoms with Crippen LogP contribution in [0.5, 0.6) is 0 Å². The van der Waals surface area contributed by atoms with Gasteiger partial charge in [-0.05, 0) is 25.8 Å². The summed E-state index contributed by atoms with van der Waals surface area (Å²) in [5, 5.41) is 8.84. The molecule has 13 heavy (non-hydrogen) atoms. The third-order valence-electron chi connectivity index (χ3n) is 1.79. The molecule has 0 aromatic carbocycles. The van der Waals surface area contributed by atoms with Gasteiger partial charge in [0.1, 0.15) is 0 Å².